The maximum atomic E-state index is 12.5. The predicted molar refractivity (Wildman–Crippen MR) is 85.3 cm³/mol. The fourth-order valence-electron chi connectivity index (χ4n) is 3.91. The van der Waals surface area contributed by atoms with Crippen molar-refractivity contribution in [3.8, 4) is 0 Å². The topological polar surface area (TPSA) is 75.4 Å². The number of aromatic nitrogens is 4. The lowest BCUT2D eigenvalue weighted by molar-refractivity contribution is 0.0905. The van der Waals surface area contributed by atoms with Crippen molar-refractivity contribution in [2.24, 2.45) is 0 Å². The average Bonchev–Trinajstić information content (AvgIpc) is 3.12. The van der Waals surface area contributed by atoms with Crippen molar-refractivity contribution in [3.05, 3.63) is 23.3 Å². The van der Waals surface area contributed by atoms with Crippen LogP contribution in [0.2, 0.25) is 0 Å². The van der Waals surface area contributed by atoms with E-state index in [9.17, 15) is 4.79 Å². The Morgan fingerprint density at radius 3 is 2.96 bits per heavy atom. The molecule has 0 saturated carbocycles. The molecule has 4 heterocycles. The van der Waals surface area contributed by atoms with E-state index in [1.54, 1.807) is 4.52 Å². The Morgan fingerprint density at radius 2 is 2.09 bits per heavy atom. The maximum absolute atomic E-state index is 12.5. The number of amides is 1. The van der Waals surface area contributed by atoms with E-state index in [1.165, 1.54) is 19.3 Å². The van der Waals surface area contributed by atoms with Crippen LogP contribution in [-0.2, 0) is 0 Å². The van der Waals surface area contributed by atoms with Crippen LogP contribution in [0.5, 0.6) is 0 Å². The van der Waals surface area contributed by atoms with Crippen LogP contribution in [0.3, 0.4) is 0 Å². The summed E-state index contributed by atoms with van der Waals surface area (Å²) < 4.78 is 1.63. The van der Waals surface area contributed by atoms with Crippen LogP contribution >= 0.6 is 0 Å². The Morgan fingerprint density at radius 1 is 1.22 bits per heavy atom. The fraction of sp³-hybridized carbons (Fsp3) is 0.625. The normalized spacial score (nSPS) is 24.8. The third kappa shape index (κ3) is 2.59. The monoisotopic (exact) mass is 314 g/mol. The van der Waals surface area contributed by atoms with Gasteiger partial charge in [-0.3, -0.25) is 9.69 Å². The molecular weight excluding hydrogens is 292 g/mol. The molecule has 23 heavy (non-hydrogen) atoms. The van der Waals surface area contributed by atoms with Gasteiger partial charge in [-0.1, -0.05) is 6.42 Å². The summed E-state index contributed by atoms with van der Waals surface area (Å²) in [4.78, 5) is 23.7. The van der Waals surface area contributed by atoms with Crippen LogP contribution in [0.1, 0.15) is 47.7 Å². The Balaban J connectivity index is 1.54. The second-order valence-corrected chi connectivity index (χ2v) is 6.65. The van der Waals surface area contributed by atoms with E-state index in [1.807, 2.05) is 19.9 Å². The van der Waals surface area contributed by atoms with Crippen LogP contribution in [0, 0.1) is 13.8 Å². The van der Waals surface area contributed by atoms with Gasteiger partial charge < -0.3 is 5.32 Å². The number of carbonyl (C=O) groups excluding carboxylic acids is 1. The van der Waals surface area contributed by atoms with Crippen molar-refractivity contribution < 1.29 is 4.79 Å². The van der Waals surface area contributed by atoms with Crippen molar-refractivity contribution >= 4 is 11.7 Å². The van der Waals surface area contributed by atoms with Crippen LogP contribution in [0.15, 0.2) is 6.07 Å². The van der Waals surface area contributed by atoms with Crippen LogP contribution < -0.4 is 5.32 Å². The largest absolute Gasteiger partial charge is 0.345 e. The summed E-state index contributed by atoms with van der Waals surface area (Å²) in [6, 6.07) is 2.62. The van der Waals surface area contributed by atoms with Crippen molar-refractivity contribution in [2.45, 2.75) is 51.6 Å². The molecule has 1 amide bonds. The number of nitrogens with one attached hydrogen (secondary N) is 1. The summed E-state index contributed by atoms with van der Waals surface area (Å²) in [5, 5.41) is 7.46. The number of rotatable bonds is 2. The molecule has 2 unspecified atom stereocenters. The van der Waals surface area contributed by atoms with E-state index in [4.69, 9.17) is 0 Å². The summed E-state index contributed by atoms with van der Waals surface area (Å²) in [6.07, 6.45) is 4.71. The molecule has 2 aliphatic heterocycles. The quantitative estimate of drug-likeness (QED) is 0.898. The number of hydrogen-bond acceptors (Lipinski definition) is 5. The third-order valence-corrected chi connectivity index (χ3v) is 4.99. The zero-order valence-corrected chi connectivity index (χ0v) is 13.6. The second kappa shape index (κ2) is 5.56. The lowest BCUT2D eigenvalue weighted by Gasteiger charge is -2.32. The van der Waals surface area contributed by atoms with E-state index < -0.39 is 0 Å². The molecule has 2 aromatic heterocycles. The third-order valence-electron chi connectivity index (χ3n) is 4.99. The molecule has 4 rings (SSSR count). The van der Waals surface area contributed by atoms with Gasteiger partial charge in [-0.15, -0.1) is 5.10 Å². The highest BCUT2D eigenvalue weighted by molar-refractivity contribution is 5.91. The summed E-state index contributed by atoms with van der Waals surface area (Å²) in [7, 11) is 0. The van der Waals surface area contributed by atoms with E-state index in [2.05, 4.69) is 25.3 Å². The van der Waals surface area contributed by atoms with Crippen molar-refractivity contribution in [1.29, 1.82) is 0 Å². The van der Waals surface area contributed by atoms with Gasteiger partial charge in [-0.25, -0.2) is 9.50 Å². The molecule has 1 N–H and O–H groups in total. The first kappa shape index (κ1) is 14.6. The lowest BCUT2D eigenvalue weighted by Crippen LogP contribution is -2.47. The molecular formula is C16H22N6O. The zero-order valence-electron chi connectivity index (χ0n) is 13.6. The molecule has 2 saturated heterocycles. The van der Waals surface area contributed by atoms with Gasteiger partial charge in [0.25, 0.3) is 11.7 Å². The number of carbonyl (C=O) groups is 1. The minimum absolute atomic E-state index is 0.190. The highest BCUT2D eigenvalue weighted by Crippen LogP contribution is 2.27. The molecule has 2 fully saturated rings. The Hall–Kier alpha value is -2.02. The van der Waals surface area contributed by atoms with E-state index in [0.29, 0.717) is 11.8 Å². The van der Waals surface area contributed by atoms with Gasteiger partial charge in [0, 0.05) is 30.0 Å². The first-order valence-corrected chi connectivity index (χ1v) is 8.38. The number of fused-ring (bicyclic) bond motifs is 2. The standard InChI is InChI=1S/C16H22N6O/c1-10-9-11(2)22-16(17-10)19-14(20-22)15(23)18-12-6-8-21-7-4-3-5-13(12)21/h9,12-13H,3-8H2,1-2H3,(H,18,23). The number of nitrogens with zero attached hydrogens (tertiary/aromatic N) is 5. The van der Waals surface area contributed by atoms with Crippen LogP contribution in [-0.4, -0.2) is 55.6 Å². The average molecular weight is 314 g/mol. The van der Waals surface area contributed by atoms with Gasteiger partial charge >= 0.3 is 0 Å². The number of aryl methyl sites for hydroxylation is 2. The minimum Gasteiger partial charge on any atom is -0.345 e. The van der Waals surface area contributed by atoms with E-state index in [-0.39, 0.29) is 17.8 Å². The first-order valence-electron chi connectivity index (χ1n) is 8.38. The number of hydrogen-bond donors (Lipinski definition) is 1. The second-order valence-electron chi connectivity index (χ2n) is 6.65. The molecule has 7 heteroatoms. The Bertz CT molecular complexity index is 754. The first-order chi connectivity index (χ1) is 11.1. The van der Waals surface area contributed by atoms with Crippen molar-refractivity contribution in [3.63, 3.8) is 0 Å². The molecule has 0 spiro atoms. The van der Waals surface area contributed by atoms with Gasteiger partial charge in [0.1, 0.15) is 0 Å². The predicted octanol–water partition coefficient (Wildman–Crippen LogP) is 1.10. The molecule has 2 aromatic rings. The van der Waals surface area contributed by atoms with Gasteiger partial charge in [0.05, 0.1) is 0 Å². The van der Waals surface area contributed by atoms with Gasteiger partial charge in [0.15, 0.2) is 0 Å². The maximum Gasteiger partial charge on any atom is 0.291 e. The molecule has 0 aromatic carbocycles. The lowest BCUT2D eigenvalue weighted by atomic mass is 9.99. The SMILES string of the molecule is Cc1cc(C)n2nc(C(=O)NC3CCN4CCCCC34)nc2n1. The van der Waals surface area contributed by atoms with Gasteiger partial charge in [-0.05, 0) is 45.7 Å². The molecule has 2 atom stereocenters. The van der Waals surface area contributed by atoms with Crippen LogP contribution in [0.4, 0.5) is 0 Å². The molecule has 2 aliphatic rings. The summed E-state index contributed by atoms with van der Waals surface area (Å²) in [5.41, 5.74) is 1.81. The molecule has 0 radical (unpaired) electrons. The Kier molecular flexibility index (Phi) is 3.52. The minimum atomic E-state index is -0.190. The molecule has 7 nitrogen and oxygen atoms in total. The van der Waals surface area contributed by atoms with E-state index >= 15 is 0 Å². The Labute approximate surface area is 135 Å². The van der Waals surface area contributed by atoms with Crippen molar-refractivity contribution in [1.82, 2.24) is 29.8 Å². The summed E-state index contributed by atoms with van der Waals surface area (Å²) in [5.74, 6) is 0.504. The fourth-order valence-corrected chi connectivity index (χ4v) is 3.91. The highest BCUT2D eigenvalue weighted by atomic mass is 16.2. The van der Waals surface area contributed by atoms with Gasteiger partial charge in [-0.2, -0.15) is 4.98 Å². The smallest absolute Gasteiger partial charge is 0.291 e. The van der Waals surface area contributed by atoms with E-state index in [0.717, 1.165) is 30.9 Å². The highest BCUT2D eigenvalue weighted by Gasteiger charge is 2.36. The molecule has 0 aliphatic carbocycles. The van der Waals surface area contributed by atoms with Gasteiger partial charge in [0.2, 0.25) is 5.82 Å². The zero-order chi connectivity index (χ0) is 16.0. The summed E-state index contributed by atoms with van der Waals surface area (Å²) in [6.45, 7) is 6.09. The van der Waals surface area contributed by atoms with Crippen molar-refractivity contribution in [2.75, 3.05) is 13.1 Å². The molecule has 122 valence electrons. The molecule has 0 bridgehead atoms. The van der Waals surface area contributed by atoms with Crippen LogP contribution in [0.25, 0.3) is 5.78 Å². The summed E-state index contributed by atoms with van der Waals surface area (Å²) >= 11 is 0. The number of piperidine rings is 1.